The van der Waals surface area contributed by atoms with Crippen molar-refractivity contribution in [3.63, 3.8) is 0 Å². The predicted octanol–water partition coefficient (Wildman–Crippen LogP) is 4.36. The zero-order valence-corrected chi connectivity index (χ0v) is 18.6. The Bertz CT molecular complexity index is 789. The third-order valence-corrected chi connectivity index (χ3v) is 8.06. The number of hydrogen-bond acceptors (Lipinski definition) is 4. The highest BCUT2D eigenvalue weighted by Gasteiger charge is 2.68. The summed E-state index contributed by atoms with van der Waals surface area (Å²) in [5, 5.41) is 3.46. The van der Waals surface area contributed by atoms with E-state index in [4.69, 9.17) is 14.2 Å². The lowest BCUT2D eigenvalue weighted by Gasteiger charge is -2.53. The van der Waals surface area contributed by atoms with E-state index < -0.39 is 0 Å². The predicted molar refractivity (Wildman–Crippen MR) is 112 cm³/mol. The fraction of sp³-hybridized carbons (Fsp3) is 0.708. The molecule has 1 aliphatic heterocycles. The number of benzene rings is 1. The molecule has 1 amide bonds. The van der Waals surface area contributed by atoms with E-state index >= 15 is 0 Å². The van der Waals surface area contributed by atoms with Crippen molar-refractivity contribution in [2.75, 3.05) is 20.8 Å². The maximum atomic E-state index is 12.7. The minimum Gasteiger partial charge on any atom is -0.497 e. The first kappa shape index (κ1) is 20.5. The summed E-state index contributed by atoms with van der Waals surface area (Å²) in [5.41, 5.74) is 1.29. The molecule has 3 fully saturated rings. The number of nitrogens with one attached hydrogen (secondary N) is 1. The van der Waals surface area contributed by atoms with Crippen LogP contribution in [0.2, 0.25) is 0 Å². The number of hydrogen-bond donors (Lipinski definition) is 1. The van der Waals surface area contributed by atoms with Crippen LogP contribution >= 0.6 is 0 Å². The maximum Gasteiger partial charge on any atom is 0.222 e. The zero-order valence-electron chi connectivity index (χ0n) is 18.6. The molecule has 5 nitrogen and oxygen atoms in total. The third-order valence-electron chi connectivity index (χ3n) is 8.06. The van der Waals surface area contributed by atoms with Crippen LogP contribution in [0.4, 0.5) is 0 Å². The normalized spacial score (nSPS) is 34.7. The highest BCUT2D eigenvalue weighted by molar-refractivity contribution is 5.78. The molecule has 1 spiro atoms. The van der Waals surface area contributed by atoms with E-state index in [0.717, 1.165) is 29.9 Å². The number of amides is 1. The lowest BCUT2D eigenvalue weighted by atomic mass is 9.58. The summed E-state index contributed by atoms with van der Waals surface area (Å²) in [4.78, 5) is 12.7. The number of fused-ring (bicyclic) bond motifs is 1. The summed E-state index contributed by atoms with van der Waals surface area (Å²) in [6.45, 7) is 9.34. The van der Waals surface area contributed by atoms with E-state index in [2.05, 4.69) is 25.2 Å². The van der Waals surface area contributed by atoms with Crippen LogP contribution in [0.15, 0.2) is 18.2 Å². The molecule has 1 aromatic rings. The Morgan fingerprint density at radius 2 is 2.00 bits per heavy atom. The van der Waals surface area contributed by atoms with E-state index in [1.807, 2.05) is 26.0 Å². The Kier molecular flexibility index (Phi) is 5.09. The smallest absolute Gasteiger partial charge is 0.222 e. The second-order valence-corrected chi connectivity index (χ2v) is 10.0. The summed E-state index contributed by atoms with van der Waals surface area (Å²) in [6, 6.07) is 6.19. The summed E-state index contributed by atoms with van der Waals surface area (Å²) in [7, 11) is 3.37. The highest BCUT2D eigenvalue weighted by atomic mass is 16.5. The molecule has 3 aliphatic rings. The fourth-order valence-corrected chi connectivity index (χ4v) is 6.46. The van der Waals surface area contributed by atoms with E-state index in [-0.39, 0.29) is 34.8 Å². The van der Waals surface area contributed by atoms with Gasteiger partial charge in [0.05, 0.1) is 20.3 Å². The fourth-order valence-electron chi connectivity index (χ4n) is 6.46. The molecule has 1 unspecified atom stereocenters. The summed E-state index contributed by atoms with van der Waals surface area (Å²) < 4.78 is 17.5. The van der Waals surface area contributed by atoms with Gasteiger partial charge < -0.3 is 19.5 Å². The van der Waals surface area contributed by atoms with Crippen LogP contribution in [0.25, 0.3) is 0 Å². The molecule has 2 saturated carbocycles. The molecule has 2 bridgehead atoms. The molecule has 5 heteroatoms. The van der Waals surface area contributed by atoms with Crippen molar-refractivity contribution in [3.8, 4) is 11.5 Å². The molecule has 2 aliphatic carbocycles. The van der Waals surface area contributed by atoms with Gasteiger partial charge in [0.2, 0.25) is 5.91 Å². The lowest BCUT2D eigenvalue weighted by Crippen LogP contribution is -2.59. The molecule has 0 radical (unpaired) electrons. The van der Waals surface area contributed by atoms with Gasteiger partial charge in [0.25, 0.3) is 0 Å². The van der Waals surface area contributed by atoms with Crippen molar-refractivity contribution < 1.29 is 19.0 Å². The van der Waals surface area contributed by atoms with Crippen molar-refractivity contribution in [2.45, 2.75) is 59.1 Å². The Morgan fingerprint density at radius 3 is 2.66 bits per heavy atom. The van der Waals surface area contributed by atoms with Crippen molar-refractivity contribution in [1.82, 2.24) is 5.32 Å². The number of carbonyl (C=O) groups excluding carboxylic acids is 1. The van der Waals surface area contributed by atoms with Gasteiger partial charge in [-0.1, -0.05) is 27.7 Å². The third kappa shape index (κ3) is 3.04. The van der Waals surface area contributed by atoms with Crippen molar-refractivity contribution >= 4 is 5.91 Å². The Morgan fingerprint density at radius 1 is 1.24 bits per heavy atom. The minimum absolute atomic E-state index is 0.00269. The first-order valence-electron chi connectivity index (χ1n) is 10.9. The molecular formula is C24H35NO4. The minimum atomic E-state index is -0.0100. The van der Waals surface area contributed by atoms with Crippen LogP contribution in [-0.2, 0) is 9.53 Å². The number of ether oxygens (including phenoxy) is 3. The topological polar surface area (TPSA) is 56.8 Å². The van der Waals surface area contributed by atoms with Gasteiger partial charge in [-0.15, -0.1) is 0 Å². The first-order valence-corrected chi connectivity index (χ1v) is 10.9. The number of methoxy groups -OCH3 is 2. The molecule has 5 atom stereocenters. The Labute approximate surface area is 174 Å². The molecule has 1 heterocycles. The monoisotopic (exact) mass is 401 g/mol. The van der Waals surface area contributed by atoms with E-state index in [1.54, 1.807) is 14.2 Å². The summed E-state index contributed by atoms with van der Waals surface area (Å²) >= 11 is 0. The average Bonchev–Trinajstić information content (AvgIpc) is 3.19. The molecule has 1 N–H and O–H groups in total. The molecule has 1 aromatic carbocycles. The lowest BCUT2D eigenvalue weighted by molar-refractivity contribution is -0.139. The quantitative estimate of drug-likeness (QED) is 0.797. The maximum absolute atomic E-state index is 12.7. The number of carbonyl (C=O) groups is 1. The van der Waals surface area contributed by atoms with Gasteiger partial charge in [-0.05, 0) is 54.1 Å². The van der Waals surface area contributed by atoms with Crippen molar-refractivity contribution in [1.29, 1.82) is 0 Å². The van der Waals surface area contributed by atoms with Crippen molar-refractivity contribution in [2.24, 2.45) is 28.6 Å². The number of rotatable bonds is 5. The van der Waals surface area contributed by atoms with Gasteiger partial charge in [0.15, 0.2) is 0 Å². The van der Waals surface area contributed by atoms with E-state index in [9.17, 15) is 4.79 Å². The summed E-state index contributed by atoms with van der Waals surface area (Å²) in [6.07, 6.45) is 3.31. The molecule has 1 saturated heterocycles. The second kappa shape index (κ2) is 7.19. The molecular weight excluding hydrogens is 366 g/mol. The van der Waals surface area contributed by atoms with Gasteiger partial charge in [0.1, 0.15) is 11.5 Å². The van der Waals surface area contributed by atoms with Crippen LogP contribution in [0.1, 0.15) is 58.6 Å². The second-order valence-electron chi connectivity index (χ2n) is 10.0. The highest BCUT2D eigenvalue weighted by Crippen LogP contribution is 2.70. The molecule has 4 rings (SSSR count). The SMILES string of the molecule is COc1ccc([C@H]2OCCC34C[C@@H](C[C@H]23)C(C)(C)[C@@H]4NC(=O)C(C)C)c(OC)c1. The van der Waals surface area contributed by atoms with Gasteiger partial charge in [-0.3, -0.25) is 4.79 Å². The average molecular weight is 402 g/mol. The Hall–Kier alpha value is -1.75. The Balaban J connectivity index is 1.70. The van der Waals surface area contributed by atoms with Gasteiger partial charge in [-0.2, -0.15) is 0 Å². The summed E-state index contributed by atoms with van der Waals surface area (Å²) in [5.74, 6) is 2.74. The zero-order chi connectivity index (χ0) is 21.0. The van der Waals surface area contributed by atoms with E-state index in [0.29, 0.717) is 18.4 Å². The van der Waals surface area contributed by atoms with Gasteiger partial charge >= 0.3 is 0 Å². The largest absolute Gasteiger partial charge is 0.497 e. The molecule has 0 aromatic heterocycles. The van der Waals surface area contributed by atoms with Crippen LogP contribution in [0.5, 0.6) is 11.5 Å². The standard InChI is InChI=1S/C24H35NO4/c1-14(2)21(26)25-22-23(3,4)15-11-18-20(29-10-9-24(18,22)13-15)17-8-7-16(27-5)12-19(17)28-6/h7-8,12,14-15,18,20,22H,9-11,13H2,1-6H3,(H,25,26)/t15-,18-,20-,22+,24?/m1/s1. The van der Waals surface area contributed by atoms with Crippen LogP contribution in [-0.4, -0.2) is 32.8 Å². The van der Waals surface area contributed by atoms with Gasteiger partial charge in [-0.25, -0.2) is 0 Å². The van der Waals surface area contributed by atoms with Crippen molar-refractivity contribution in [3.05, 3.63) is 23.8 Å². The van der Waals surface area contributed by atoms with Crippen LogP contribution in [0, 0.1) is 28.6 Å². The van der Waals surface area contributed by atoms with Gasteiger partial charge in [0, 0.05) is 30.2 Å². The van der Waals surface area contributed by atoms with Crippen LogP contribution in [0.3, 0.4) is 0 Å². The first-order chi connectivity index (χ1) is 13.7. The van der Waals surface area contributed by atoms with E-state index in [1.165, 1.54) is 6.42 Å². The van der Waals surface area contributed by atoms with Crippen LogP contribution < -0.4 is 14.8 Å². The molecule has 160 valence electrons. The molecule has 29 heavy (non-hydrogen) atoms.